The minimum atomic E-state index is -0.194. The summed E-state index contributed by atoms with van der Waals surface area (Å²) in [6.07, 6.45) is 0.153. The first-order valence-corrected chi connectivity index (χ1v) is 10.8. The third-order valence-corrected chi connectivity index (χ3v) is 5.41. The highest BCUT2D eigenvalue weighted by molar-refractivity contribution is 7.71. The number of hydrogen-bond acceptors (Lipinski definition) is 4. The Morgan fingerprint density at radius 2 is 1.72 bits per heavy atom. The van der Waals surface area contributed by atoms with Gasteiger partial charge in [0.1, 0.15) is 12.4 Å². The van der Waals surface area contributed by atoms with Crippen LogP contribution in [0.1, 0.15) is 17.5 Å². The molecule has 0 bridgehead atoms. The van der Waals surface area contributed by atoms with E-state index < -0.39 is 0 Å². The lowest BCUT2D eigenvalue weighted by Crippen LogP contribution is -2.28. The zero-order valence-corrected chi connectivity index (χ0v) is 18.2. The van der Waals surface area contributed by atoms with Crippen LogP contribution in [0.5, 0.6) is 5.75 Å². The van der Waals surface area contributed by atoms with E-state index in [9.17, 15) is 9.59 Å². The van der Waals surface area contributed by atoms with Gasteiger partial charge in [-0.1, -0.05) is 54.6 Å². The molecule has 4 aromatic rings. The molecule has 0 saturated carbocycles. The van der Waals surface area contributed by atoms with Crippen molar-refractivity contribution in [2.45, 2.75) is 26.1 Å². The molecule has 0 aliphatic rings. The number of H-pyrrole nitrogens is 1. The van der Waals surface area contributed by atoms with Crippen molar-refractivity contribution in [1.82, 2.24) is 14.9 Å². The molecule has 0 atom stereocenters. The third-order valence-electron chi connectivity index (χ3n) is 5.09. The van der Waals surface area contributed by atoms with E-state index >= 15 is 0 Å². The molecule has 6 nitrogen and oxygen atoms in total. The Labute approximate surface area is 190 Å². The first-order chi connectivity index (χ1) is 15.6. The maximum atomic E-state index is 12.7. The standard InChI is InChI=1S/C25H23N3O3S/c29-23(13-14-28-24(30)21-11-4-5-12-22(21)27-25(28)32)26-16-19-9-6-10-20(15-19)31-17-18-7-2-1-3-8-18/h1-12,15H,13-14,16-17H2,(H,26,29)(H,27,32). The van der Waals surface area contributed by atoms with Crippen molar-refractivity contribution in [3.8, 4) is 5.75 Å². The van der Waals surface area contributed by atoms with Gasteiger partial charge in [-0.15, -0.1) is 0 Å². The Bertz CT molecular complexity index is 1350. The monoisotopic (exact) mass is 445 g/mol. The summed E-state index contributed by atoms with van der Waals surface area (Å²) in [5, 5.41) is 3.44. The predicted octanol–water partition coefficient (Wildman–Crippen LogP) is 4.34. The molecule has 2 N–H and O–H groups in total. The van der Waals surface area contributed by atoms with Crippen LogP contribution in [0.25, 0.3) is 10.9 Å². The summed E-state index contributed by atoms with van der Waals surface area (Å²) < 4.78 is 7.58. The highest BCUT2D eigenvalue weighted by Gasteiger charge is 2.08. The van der Waals surface area contributed by atoms with Crippen LogP contribution in [0.15, 0.2) is 83.7 Å². The fourth-order valence-electron chi connectivity index (χ4n) is 3.39. The summed E-state index contributed by atoms with van der Waals surface area (Å²) in [6.45, 7) is 1.07. The number of carbonyl (C=O) groups excluding carboxylic acids is 1. The summed E-state index contributed by atoms with van der Waals surface area (Å²) in [5.74, 6) is 0.588. The van der Waals surface area contributed by atoms with E-state index in [0.717, 1.165) is 16.9 Å². The predicted molar refractivity (Wildman–Crippen MR) is 127 cm³/mol. The number of fused-ring (bicyclic) bond motifs is 1. The molecule has 1 aromatic heterocycles. The molecule has 0 aliphatic heterocycles. The van der Waals surface area contributed by atoms with E-state index in [-0.39, 0.29) is 24.4 Å². The number of amides is 1. The van der Waals surface area contributed by atoms with Gasteiger partial charge in [-0.25, -0.2) is 0 Å². The number of benzene rings is 3. The summed E-state index contributed by atoms with van der Waals surface area (Å²) in [7, 11) is 0. The quantitative estimate of drug-likeness (QED) is 0.396. The average Bonchev–Trinajstić information content (AvgIpc) is 2.82. The van der Waals surface area contributed by atoms with E-state index in [4.69, 9.17) is 17.0 Å². The normalized spacial score (nSPS) is 10.8. The number of ether oxygens (including phenoxy) is 1. The van der Waals surface area contributed by atoms with E-state index in [1.165, 1.54) is 4.57 Å². The summed E-state index contributed by atoms with van der Waals surface area (Å²) in [4.78, 5) is 28.1. The van der Waals surface area contributed by atoms with Crippen LogP contribution in [0.4, 0.5) is 0 Å². The lowest BCUT2D eigenvalue weighted by Gasteiger charge is -2.10. The van der Waals surface area contributed by atoms with Crippen molar-refractivity contribution < 1.29 is 9.53 Å². The van der Waals surface area contributed by atoms with Gasteiger partial charge in [0.2, 0.25) is 5.91 Å². The van der Waals surface area contributed by atoms with Gasteiger partial charge in [0.25, 0.3) is 5.56 Å². The first-order valence-electron chi connectivity index (χ1n) is 10.3. The largest absolute Gasteiger partial charge is 0.489 e. The zero-order chi connectivity index (χ0) is 22.3. The number of rotatable bonds is 8. The fourth-order valence-corrected chi connectivity index (χ4v) is 3.67. The van der Waals surface area contributed by atoms with Crippen LogP contribution < -0.4 is 15.6 Å². The number of hydrogen-bond donors (Lipinski definition) is 2. The Morgan fingerprint density at radius 3 is 2.56 bits per heavy atom. The van der Waals surface area contributed by atoms with Gasteiger partial charge in [0.15, 0.2) is 4.77 Å². The Hall–Kier alpha value is -3.71. The van der Waals surface area contributed by atoms with Gasteiger partial charge in [-0.3, -0.25) is 14.2 Å². The molecular formula is C25H23N3O3S. The smallest absolute Gasteiger partial charge is 0.262 e. The molecule has 32 heavy (non-hydrogen) atoms. The van der Waals surface area contributed by atoms with E-state index in [1.807, 2.05) is 60.7 Å². The second-order valence-electron chi connectivity index (χ2n) is 7.38. The van der Waals surface area contributed by atoms with Crippen LogP contribution in [0, 0.1) is 4.77 Å². The van der Waals surface area contributed by atoms with Crippen molar-refractivity contribution in [2.75, 3.05) is 0 Å². The Balaban J connectivity index is 1.32. The minimum Gasteiger partial charge on any atom is -0.489 e. The maximum absolute atomic E-state index is 12.7. The van der Waals surface area contributed by atoms with Crippen molar-refractivity contribution in [3.63, 3.8) is 0 Å². The molecule has 3 aromatic carbocycles. The number of nitrogens with zero attached hydrogens (tertiary/aromatic N) is 1. The van der Waals surface area contributed by atoms with Crippen molar-refractivity contribution >= 4 is 29.0 Å². The van der Waals surface area contributed by atoms with E-state index in [1.54, 1.807) is 18.2 Å². The first kappa shape index (κ1) is 21.5. The molecule has 1 heterocycles. The van der Waals surface area contributed by atoms with Crippen LogP contribution in [0.2, 0.25) is 0 Å². The number of nitrogens with one attached hydrogen (secondary N) is 2. The molecule has 0 unspecified atom stereocenters. The Kier molecular flexibility index (Phi) is 6.77. The number of aromatic nitrogens is 2. The lowest BCUT2D eigenvalue weighted by atomic mass is 10.2. The second kappa shape index (κ2) is 10.1. The summed E-state index contributed by atoms with van der Waals surface area (Å²) in [6, 6.07) is 24.8. The molecule has 162 valence electrons. The van der Waals surface area contributed by atoms with Gasteiger partial charge < -0.3 is 15.0 Å². The lowest BCUT2D eigenvalue weighted by molar-refractivity contribution is -0.121. The van der Waals surface area contributed by atoms with E-state index in [2.05, 4.69) is 10.3 Å². The summed E-state index contributed by atoms with van der Waals surface area (Å²) >= 11 is 5.30. The molecule has 0 saturated heterocycles. The van der Waals surface area contributed by atoms with Crippen LogP contribution in [-0.2, 0) is 24.5 Å². The Morgan fingerprint density at radius 1 is 0.969 bits per heavy atom. The SMILES string of the molecule is O=C(CCn1c(=S)[nH]c2ccccc2c1=O)NCc1cccc(OCc2ccccc2)c1. The number of carbonyl (C=O) groups is 1. The summed E-state index contributed by atoms with van der Waals surface area (Å²) in [5.41, 5.74) is 2.52. The molecule has 0 aliphatic carbocycles. The highest BCUT2D eigenvalue weighted by Crippen LogP contribution is 2.15. The molecule has 0 radical (unpaired) electrons. The van der Waals surface area contributed by atoms with Gasteiger partial charge in [-0.2, -0.15) is 0 Å². The van der Waals surface area contributed by atoms with Gasteiger partial charge in [0, 0.05) is 19.5 Å². The van der Waals surface area contributed by atoms with Gasteiger partial charge in [-0.05, 0) is 47.6 Å². The van der Waals surface area contributed by atoms with Crippen LogP contribution >= 0.6 is 12.2 Å². The fraction of sp³-hybridized carbons (Fsp3) is 0.160. The van der Waals surface area contributed by atoms with Crippen molar-refractivity contribution in [1.29, 1.82) is 0 Å². The third kappa shape index (κ3) is 5.31. The van der Waals surface area contributed by atoms with E-state index in [0.29, 0.717) is 28.8 Å². The van der Waals surface area contributed by atoms with Crippen molar-refractivity contribution in [2.24, 2.45) is 0 Å². The van der Waals surface area contributed by atoms with Gasteiger partial charge in [0.05, 0.1) is 10.9 Å². The molecule has 7 heteroatoms. The zero-order valence-electron chi connectivity index (χ0n) is 17.4. The molecule has 0 spiro atoms. The molecular weight excluding hydrogens is 422 g/mol. The average molecular weight is 446 g/mol. The maximum Gasteiger partial charge on any atom is 0.262 e. The molecule has 0 fully saturated rings. The number of aromatic amines is 1. The van der Waals surface area contributed by atoms with Crippen LogP contribution in [0.3, 0.4) is 0 Å². The number of para-hydroxylation sites is 1. The van der Waals surface area contributed by atoms with Gasteiger partial charge >= 0.3 is 0 Å². The van der Waals surface area contributed by atoms with Crippen LogP contribution in [-0.4, -0.2) is 15.5 Å². The topological polar surface area (TPSA) is 76.1 Å². The molecule has 4 rings (SSSR count). The minimum absolute atomic E-state index is 0.153. The molecule has 1 amide bonds. The highest BCUT2D eigenvalue weighted by atomic mass is 32.1. The second-order valence-corrected chi connectivity index (χ2v) is 7.77. The van der Waals surface area contributed by atoms with Crippen molar-refractivity contribution in [3.05, 3.63) is 105 Å².